The smallest absolute Gasteiger partial charge is 0.0931 e. The van der Waals surface area contributed by atoms with Gasteiger partial charge in [0, 0.05) is 0 Å². The Morgan fingerprint density at radius 1 is 1.70 bits per heavy atom. The number of nitrogens with one attached hydrogen (secondary N) is 1. The summed E-state index contributed by atoms with van der Waals surface area (Å²) in [6.45, 7) is 5.60. The van der Waals surface area contributed by atoms with E-state index in [2.05, 4.69) is 16.5 Å². The van der Waals surface area contributed by atoms with E-state index in [1.54, 1.807) is 12.4 Å². The zero-order valence-corrected chi connectivity index (χ0v) is 5.96. The molecule has 0 fully saturated rings. The van der Waals surface area contributed by atoms with Crippen LogP contribution in [0.4, 0.5) is 0 Å². The van der Waals surface area contributed by atoms with Crippen molar-refractivity contribution >= 4 is 12.2 Å². The molecular weight excluding hydrogens is 124 g/mol. The van der Waals surface area contributed by atoms with E-state index < -0.39 is 0 Å². The summed E-state index contributed by atoms with van der Waals surface area (Å²) in [5.74, 6) is 0. The molecule has 0 saturated carbocycles. The van der Waals surface area contributed by atoms with E-state index in [1.165, 1.54) is 0 Å². The van der Waals surface area contributed by atoms with Gasteiger partial charge in [-0.3, -0.25) is 0 Å². The van der Waals surface area contributed by atoms with Crippen molar-refractivity contribution in [3.8, 4) is 0 Å². The Balaban J connectivity index is 3.00. The Bertz CT molecular complexity index is 246. The quantitative estimate of drug-likeness (QED) is 0.659. The second-order valence-electron chi connectivity index (χ2n) is 1.91. The first-order valence-electron chi connectivity index (χ1n) is 3.17. The summed E-state index contributed by atoms with van der Waals surface area (Å²) in [5.41, 5.74) is 1.91. The van der Waals surface area contributed by atoms with E-state index in [-0.39, 0.29) is 0 Å². The molecule has 0 amide bonds. The van der Waals surface area contributed by atoms with E-state index in [9.17, 15) is 0 Å². The summed E-state index contributed by atoms with van der Waals surface area (Å²) in [7, 11) is 0. The predicted molar refractivity (Wildman–Crippen MR) is 43.4 cm³/mol. The number of H-pyrrole nitrogens is 1. The van der Waals surface area contributed by atoms with E-state index >= 15 is 0 Å². The van der Waals surface area contributed by atoms with Crippen molar-refractivity contribution in [1.82, 2.24) is 9.97 Å². The maximum absolute atomic E-state index is 4.03. The Morgan fingerprint density at radius 2 is 2.50 bits per heavy atom. The lowest BCUT2D eigenvalue weighted by Gasteiger charge is -1.85. The van der Waals surface area contributed by atoms with Crippen molar-refractivity contribution in [1.29, 1.82) is 0 Å². The van der Waals surface area contributed by atoms with E-state index in [0.29, 0.717) is 0 Å². The van der Waals surface area contributed by atoms with Crippen LogP contribution in [0.1, 0.15) is 18.3 Å². The fourth-order valence-electron chi connectivity index (χ4n) is 0.778. The number of rotatable bonds is 2. The standard InChI is InChI=1S/C8H10N2/c1-3-5-8-7(4-2)9-6-10-8/h3-6H,2H2,1H3,(H,9,10)/b5-3-. The van der Waals surface area contributed by atoms with Gasteiger partial charge >= 0.3 is 0 Å². The lowest BCUT2D eigenvalue weighted by atomic mass is 10.3. The lowest BCUT2D eigenvalue weighted by molar-refractivity contribution is 1.30. The topological polar surface area (TPSA) is 28.7 Å². The minimum atomic E-state index is 0.901. The molecule has 0 saturated heterocycles. The number of aromatic amines is 1. The summed E-state index contributed by atoms with van der Waals surface area (Å²) in [5, 5.41) is 0. The highest BCUT2D eigenvalue weighted by molar-refractivity contribution is 5.57. The first kappa shape index (κ1) is 6.81. The molecule has 0 atom stereocenters. The molecule has 2 heteroatoms. The molecule has 1 aromatic heterocycles. The molecule has 1 heterocycles. The van der Waals surface area contributed by atoms with Gasteiger partial charge in [-0.25, -0.2) is 4.98 Å². The molecule has 0 aliphatic rings. The SMILES string of the molecule is C=Cc1nc[nH]c1/C=C\C. The highest BCUT2D eigenvalue weighted by Crippen LogP contribution is 2.05. The second-order valence-corrected chi connectivity index (χ2v) is 1.91. The van der Waals surface area contributed by atoms with Crippen LogP contribution in [0.5, 0.6) is 0 Å². The molecule has 0 bridgehead atoms. The Labute approximate surface area is 60.3 Å². The largest absolute Gasteiger partial charge is 0.345 e. The van der Waals surface area contributed by atoms with Crippen LogP contribution in [0.2, 0.25) is 0 Å². The molecule has 0 aliphatic carbocycles. The zero-order valence-electron chi connectivity index (χ0n) is 5.96. The molecule has 10 heavy (non-hydrogen) atoms. The van der Waals surface area contributed by atoms with E-state index in [0.717, 1.165) is 11.4 Å². The monoisotopic (exact) mass is 134 g/mol. The van der Waals surface area contributed by atoms with Crippen LogP contribution in [0.15, 0.2) is 19.0 Å². The third-order valence-corrected chi connectivity index (χ3v) is 1.23. The Kier molecular flexibility index (Phi) is 2.05. The van der Waals surface area contributed by atoms with Crippen LogP contribution in [-0.4, -0.2) is 9.97 Å². The summed E-state index contributed by atoms with van der Waals surface area (Å²) < 4.78 is 0. The maximum Gasteiger partial charge on any atom is 0.0931 e. The molecule has 52 valence electrons. The molecule has 1 aromatic rings. The molecule has 0 aromatic carbocycles. The first-order chi connectivity index (χ1) is 4.88. The molecular formula is C8H10N2. The predicted octanol–water partition coefficient (Wildman–Crippen LogP) is 2.09. The molecule has 1 rings (SSSR count). The third kappa shape index (κ3) is 1.16. The number of hydrogen-bond acceptors (Lipinski definition) is 1. The fourth-order valence-corrected chi connectivity index (χ4v) is 0.778. The molecule has 0 spiro atoms. The molecule has 0 aliphatic heterocycles. The van der Waals surface area contributed by atoms with Crippen LogP contribution < -0.4 is 0 Å². The van der Waals surface area contributed by atoms with Gasteiger partial charge in [-0.1, -0.05) is 12.7 Å². The number of allylic oxidation sites excluding steroid dienone is 1. The lowest BCUT2D eigenvalue weighted by Crippen LogP contribution is -1.74. The van der Waals surface area contributed by atoms with Crippen LogP contribution in [0.3, 0.4) is 0 Å². The van der Waals surface area contributed by atoms with E-state index in [1.807, 2.05) is 19.1 Å². The molecule has 0 radical (unpaired) electrons. The second kappa shape index (κ2) is 3.01. The van der Waals surface area contributed by atoms with Gasteiger partial charge in [0.05, 0.1) is 17.7 Å². The number of hydrogen-bond donors (Lipinski definition) is 1. The van der Waals surface area contributed by atoms with Crippen molar-refractivity contribution in [3.05, 3.63) is 30.4 Å². The highest BCUT2D eigenvalue weighted by Gasteiger charge is 1.94. The van der Waals surface area contributed by atoms with Gasteiger partial charge in [0.2, 0.25) is 0 Å². The van der Waals surface area contributed by atoms with Gasteiger partial charge in [0.25, 0.3) is 0 Å². The van der Waals surface area contributed by atoms with Crippen molar-refractivity contribution in [2.24, 2.45) is 0 Å². The van der Waals surface area contributed by atoms with Crippen LogP contribution >= 0.6 is 0 Å². The summed E-state index contributed by atoms with van der Waals surface area (Å²) >= 11 is 0. The number of imidazole rings is 1. The molecule has 2 nitrogen and oxygen atoms in total. The third-order valence-electron chi connectivity index (χ3n) is 1.23. The van der Waals surface area contributed by atoms with Crippen molar-refractivity contribution in [2.75, 3.05) is 0 Å². The zero-order chi connectivity index (χ0) is 7.40. The molecule has 1 N–H and O–H groups in total. The van der Waals surface area contributed by atoms with Gasteiger partial charge in [-0.15, -0.1) is 0 Å². The Morgan fingerprint density at radius 3 is 3.10 bits per heavy atom. The van der Waals surface area contributed by atoms with Crippen LogP contribution in [0, 0.1) is 0 Å². The maximum atomic E-state index is 4.03. The fraction of sp³-hybridized carbons (Fsp3) is 0.125. The minimum Gasteiger partial charge on any atom is -0.345 e. The average molecular weight is 134 g/mol. The van der Waals surface area contributed by atoms with Gasteiger partial charge in [-0.05, 0) is 19.1 Å². The summed E-state index contributed by atoms with van der Waals surface area (Å²) in [6, 6.07) is 0. The van der Waals surface area contributed by atoms with Gasteiger partial charge in [0.15, 0.2) is 0 Å². The van der Waals surface area contributed by atoms with Gasteiger partial charge in [0.1, 0.15) is 0 Å². The minimum absolute atomic E-state index is 0.901. The van der Waals surface area contributed by atoms with Crippen LogP contribution in [0.25, 0.3) is 12.2 Å². The number of aromatic nitrogens is 2. The average Bonchev–Trinajstić information content (AvgIpc) is 2.36. The summed E-state index contributed by atoms with van der Waals surface area (Å²) in [4.78, 5) is 7.02. The van der Waals surface area contributed by atoms with Crippen LogP contribution in [-0.2, 0) is 0 Å². The molecule has 0 unspecified atom stereocenters. The van der Waals surface area contributed by atoms with Crippen molar-refractivity contribution in [3.63, 3.8) is 0 Å². The van der Waals surface area contributed by atoms with Gasteiger partial charge < -0.3 is 4.98 Å². The van der Waals surface area contributed by atoms with Crippen molar-refractivity contribution in [2.45, 2.75) is 6.92 Å². The summed E-state index contributed by atoms with van der Waals surface area (Å²) in [6.07, 6.45) is 7.31. The first-order valence-corrected chi connectivity index (χ1v) is 3.17. The normalized spacial score (nSPS) is 10.5. The van der Waals surface area contributed by atoms with E-state index in [4.69, 9.17) is 0 Å². The highest BCUT2D eigenvalue weighted by atomic mass is 14.9. The number of nitrogens with zero attached hydrogens (tertiary/aromatic N) is 1. The van der Waals surface area contributed by atoms with Gasteiger partial charge in [-0.2, -0.15) is 0 Å². The van der Waals surface area contributed by atoms with Crippen molar-refractivity contribution < 1.29 is 0 Å². The Hall–Kier alpha value is -1.31.